The summed E-state index contributed by atoms with van der Waals surface area (Å²) in [7, 11) is 0. The number of piperidine rings is 1. The molecule has 1 aliphatic rings. The van der Waals surface area contributed by atoms with Gasteiger partial charge in [-0.3, -0.25) is 4.79 Å². The quantitative estimate of drug-likeness (QED) is 0.865. The Hall–Kier alpha value is -2.18. The zero-order chi connectivity index (χ0) is 16.4. The summed E-state index contributed by atoms with van der Waals surface area (Å²) in [6.07, 6.45) is 9.04. The van der Waals surface area contributed by atoms with Gasteiger partial charge in [0.15, 0.2) is 0 Å². The van der Waals surface area contributed by atoms with Crippen molar-refractivity contribution in [3.63, 3.8) is 0 Å². The van der Waals surface area contributed by atoms with Crippen LogP contribution >= 0.6 is 0 Å². The minimum atomic E-state index is -0.316. The maximum absolute atomic E-state index is 12.7. The number of hydrogen-bond acceptors (Lipinski definition) is 4. The van der Waals surface area contributed by atoms with Gasteiger partial charge < -0.3 is 9.47 Å². The third kappa shape index (κ3) is 3.13. The maximum Gasteiger partial charge on any atom is 0.247 e. The van der Waals surface area contributed by atoms with E-state index in [1.54, 1.807) is 11.0 Å². The first-order valence-electron chi connectivity index (χ1n) is 8.23. The van der Waals surface area contributed by atoms with Crippen LogP contribution in [0, 0.1) is 0 Å². The second-order valence-corrected chi connectivity index (χ2v) is 6.48. The average Bonchev–Trinajstić information content (AvgIpc) is 3.24. The smallest absolute Gasteiger partial charge is 0.247 e. The molecule has 0 bridgehead atoms. The molecule has 2 aromatic heterocycles. The van der Waals surface area contributed by atoms with Gasteiger partial charge in [-0.25, -0.2) is 14.6 Å². The maximum atomic E-state index is 12.7. The fourth-order valence-corrected chi connectivity index (χ4v) is 3.26. The van der Waals surface area contributed by atoms with Gasteiger partial charge in [0.1, 0.15) is 24.5 Å². The van der Waals surface area contributed by atoms with Crippen LogP contribution in [0.4, 0.5) is 0 Å². The second-order valence-electron chi connectivity index (χ2n) is 6.48. The van der Waals surface area contributed by atoms with E-state index < -0.39 is 0 Å². The van der Waals surface area contributed by atoms with E-state index in [9.17, 15) is 4.79 Å². The van der Waals surface area contributed by atoms with Gasteiger partial charge in [0.2, 0.25) is 5.91 Å². The van der Waals surface area contributed by atoms with Crippen molar-refractivity contribution in [2.75, 3.05) is 13.1 Å². The highest BCUT2D eigenvalue weighted by Crippen LogP contribution is 2.26. The number of carbonyl (C=O) groups is 1. The van der Waals surface area contributed by atoms with E-state index in [0.29, 0.717) is 12.0 Å². The van der Waals surface area contributed by atoms with E-state index in [0.717, 1.165) is 31.8 Å². The van der Waals surface area contributed by atoms with E-state index in [4.69, 9.17) is 0 Å². The van der Waals surface area contributed by atoms with Crippen LogP contribution in [0.1, 0.15) is 57.4 Å². The molecule has 124 valence electrons. The van der Waals surface area contributed by atoms with E-state index in [-0.39, 0.29) is 11.9 Å². The molecule has 1 saturated heterocycles. The Morgan fingerprint density at radius 3 is 2.87 bits per heavy atom. The molecule has 1 fully saturated rings. The second kappa shape index (κ2) is 6.52. The summed E-state index contributed by atoms with van der Waals surface area (Å²) in [5.41, 5.74) is 0. The first-order chi connectivity index (χ1) is 11.1. The molecule has 1 amide bonds. The molecule has 0 spiro atoms. The lowest BCUT2D eigenvalue weighted by molar-refractivity contribution is -0.136. The van der Waals surface area contributed by atoms with Gasteiger partial charge in [0.25, 0.3) is 0 Å². The molecule has 1 aliphatic heterocycles. The van der Waals surface area contributed by atoms with E-state index >= 15 is 0 Å². The minimum absolute atomic E-state index is 0.103. The van der Waals surface area contributed by atoms with Crippen LogP contribution in [-0.2, 0) is 4.79 Å². The molecule has 0 aliphatic carbocycles. The normalized spacial score (nSPS) is 20.0. The fraction of sp³-hybridized carbons (Fsp3) is 0.625. The van der Waals surface area contributed by atoms with E-state index in [1.807, 2.05) is 24.2 Å². The number of imidazole rings is 1. The Kier molecular flexibility index (Phi) is 4.45. The van der Waals surface area contributed by atoms with Crippen molar-refractivity contribution in [1.29, 1.82) is 0 Å². The van der Waals surface area contributed by atoms with Crippen LogP contribution in [0.2, 0.25) is 0 Å². The van der Waals surface area contributed by atoms with Crippen LogP contribution in [0.3, 0.4) is 0 Å². The lowest BCUT2D eigenvalue weighted by atomic mass is 10.0. The minimum Gasteiger partial charge on any atom is -0.339 e. The van der Waals surface area contributed by atoms with Crippen LogP contribution in [0.15, 0.2) is 25.0 Å². The van der Waals surface area contributed by atoms with E-state index in [1.165, 1.54) is 6.33 Å². The summed E-state index contributed by atoms with van der Waals surface area (Å²) in [5, 5.41) is 4.08. The van der Waals surface area contributed by atoms with Crippen molar-refractivity contribution in [3.8, 4) is 0 Å². The van der Waals surface area contributed by atoms with Crippen LogP contribution in [0.5, 0.6) is 0 Å². The van der Waals surface area contributed by atoms with Gasteiger partial charge in [-0.1, -0.05) is 13.8 Å². The zero-order valence-electron chi connectivity index (χ0n) is 14.0. The average molecular weight is 316 g/mol. The number of carbonyl (C=O) groups excluding carboxylic acids is 1. The Balaban J connectivity index is 1.73. The summed E-state index contributed by atoms with van der Waals surface area (Å²) in [5.74, 6) is 1.57. The third-order valence-electron chi connectivity index (χ3n) is 4.51. The highest BCUT2D eigenvalue weighted by molar-refractivity contribution is 5.80. The Morgan fingerprint density at radius 1 is 1.35 bits per heavy atom. The molecule has 2 aromatic rings. The van der Waals surface area contributed by atoms with Crippen molar-refractivity contribution in [1.82, 2.24) is 29.2 Å². The molecular formula is C16H24N6O. The first kappa shape index (κ1) is 15.7. The third-order valence-corrected chi connectivity index (χ3v) is 4.51. The predicted octanol–water partition coefficient (Wildman–Crippen LogP) is 2.02. The topological polar surface area (TPSA) is 68.8 Å². The standard InChI is InChI=1S/C16H24N6O/c1-12(2)15-18-6-8-21(15)14-5-4-7-20(9-14)16(23)13(3)22-11-17-10-19-22/h6,8,10-14H,4-5,7,9H2,1-3H3. The first-order valence-corrected chi connectivity index (χ1v) is 8.23. The summed E-state index contributed by atoms with van der Waals surface area (Å²) >= 11 is 0. The fourth-order valence-electron chi connectivity index (χ4n) is 3.26. The van der Waals surface area contributed by atoms with Gasteiger partial charge in [0, 0.05) is 31.4 Å². The summed E-state index contributed by atoms with van der Waals surface area (Å²) < 4.78 is 3.85. The highest BCUT2D eigenvalue weighted by atomic mass is 16.2. The van der Waals surface area contributed by atoms with Crippen molar-refractivity contribution < 1.29 is 4.79 Å². The number of hydrogen-bond donors (Lipinski definition) is 0. The predicted molar refractivity (Wildman–Crippen MR) is 85.9 cm³/mol. The summed E-state index contributed by atoms with van der Waals surface area (Å²) in [6.45, 7) is 7.71. The molecule has 7 nitrogen and oxygen atoms in total. The van der Waals surface area contributed by atoms with Crippen LogP contribution in [-0.4, -0.2) is 48.2 Å². The van der Waals surface area contributed by atoms with Gasteiger partial charge in [-0.2, -0.15) is 5.10 Å². The Morgan fingerprint density at radius 2 is 2.17 bits per heavy atom. The van der Waals surface area contributed by atoms with Gasteiger partial charge in [-0.05, 0) is 19.8 Å². The van der Waals surface area contributed by atoms with Gasteiger partial charge in [-0.15, -0.1) is 0 Å². The molecule has 2 unspecified atom stereocenters. The lowest BCUT2D eigenvalue weighted by Gasteiger charge is -2.35. The summed E-state index contributed by atoms with van der Waals surface area (Å²) in [4.78, 5) is 23.1. The Bertz CT molecular complexity index is 647. The number of nitrogens with zero attached hydrogens (tertiary/aromatic N) is 6. The number of rotatable bonds is 4. The molecule has 2 atom stereocenters. The van der Waals surface area contributed by atoms with Crippen molar-refractivity contribution in [3.05, 3.63) is 30.9 Å². The largest absolute Gasteiger partial charge is 0.339 e. The monoisotopic (exact) mass is 316 g/mol. The molecule has 23 heavy (non-hydrogen) atoms. The van der Waals surface area contributed by atoms with Crippen molar-refractivity contribution in [2.45, 2.75) is 51.6 Å². The van der Waals surface area contributed by atoms with Crippen molar-refractivity contribution >= 4 is 5.91 Å². The lowest BCUT2D eigenvalue weighted by Crippen LogP contribution is -2.43. The molecule has 7 heteroatoms. The SMILES string of the molecule is CC(C)c1nccn1C1CCCN(C(=O)C(C)n2cncn2)C1. The van der Waals surface area contributed by atoms with Crippen LogP contribution in [0.25, 0.3) is 0 Å². The molecule has 3 heterocycles. The molecule has 3 rings (SSSR count). The molecule has 0 aromatic carbocycles. The van der Waals surface area contributed by atoms with Gasteiger partial charge >= 0.3 is 0 Å². The molecule has 0 N–H and O–H groups in total. The molecular weight excluding hydrogens is 292 g/mol. The number of amides is 1. The molecule has 0 saturated carbocycles. The highest BCUT2D eigenvalue weighted by Gasteiger charge is 2.29. The van der Waals surface area contributed by atoms with Gasteiger partial charge in [0.05, 0.1) is 6.04 Å². The number of aromatic nitrogens is 5. The Labute approximate surface area is 136 Å². The zero-order valence-corrected chi connectivity index (χ0v) is 14.0. The number of likely N-dealkylation sites (tertiary alicyclic amines) is 1. The van der Waals surface area contributed by atoms with E-state index in [2.05, 4.69) is 33.5 Å². The summed E-state index contributed by atoms with van der Waals surface area (Å²) in [6, 6.07) is -0.0147. The molecule has 0 radical (unpaired) electrons. The van der Waals surface area contributed by atoms with Crippen molar-refractivity contribution in [2.24, 2.45) is 0 Å². The van der Waals surface area contributed by atoms with Crippen LogP contribution < -0.4 is 0 Å².